The second-order valence-corrected chi connectivity index (χ2v) is 6.58. The number of likely N-dealkylation sites (N-methyl/N-ethyl adjacent to an activating group) is 1. The summed E-state index contributed by atoms with van der Waals surface area (Å²) >= 11 is 0. The van der Waals surface area contributed by atoms with E-state index in [-0.39, 0.29) is 17.9 Å². The average Bonchev–Trinajstić information content (AvgIpc) is 3.31. The number of aromatic nitrogens is 1. The van der Waals surface area contributed by atoms with Gasteiger partial charge in [-0.3, -0.25) is 19.5 Å². The minimum Gasteiger partial charge on any atom is -0.358 e. The van der Waals surface area contributed by atoms with Gasteiger partial charge in [0.25, 0.3) is 0 Å². The Bertz CT molecular complexity index is 559. The van der Waals surface area contributed by atoms with E-state index in [2.05, 4.69) is 20.5 Å². The lowest BCUT2D eigenvalue weighted by Gasteiger charge is -2.19. The van der Waals surface area contributed by atoms with Crippen LogP contribution in [0.25, 0.3) is 0 Å². The first-order chi connectivity index (χ1) is 11.2. The molecule has 1 saturated heterocycles. The molecule has 1 aliphatic heterocycles. The Morgan fingerprint density at radius 1 is 1.30 bits per heavy atom. The number of nitrogens with zero attached hydrogens (tertiary/aromatic N) is 2. The minimum absolute atomic E-state index is 0.0295. The molecule has 0 radical (unpaired) electrons. The number of hydrogen-bond donors (Lipinski definition) is 2. The van der Waals surface area contributed by atoms with Crippen molar-refractivity contribution in [3.8, 4) is 0 Å². The molecule has 1 aliphatic carbocycles. The van der Waals surface area contributed by atoms with E-state index in [4.69, 9.17) is 0 Å². The third-order valence-electron chi connectivity index (χ3n) is 4.75. The van der Waals surface area contributed by atoms with Gasteiger partial charge in [0.1, 0.15) is 0 Å². The fourth-order valence-electron chi connectivity index (χ4n) is 3.43. The molecule has 1 saturated carbocycles. The smallest absolute Gasteiger partial charge is 0.233 e. The summed E-state index contributed by atoms with van der Waals surface area (Å²) in [6, 6.07) is 3.91. The van der Waals surface area contributed by atoms with Gasteiger partial charge in [-0.05, 0) is 36.3 Å². The van der Waals surface area contributed by atoms with Crippen LogP contribution in [-0.4, -0.2) is 54.4 Å². The Hall–Kier alpha value is -1.95. The van der Waals surface area contributed by atoms with Crippen LogP contribution in [0.2, 0.25) is 0 Å². The van der Waals surface area contributed by atoms with Gasteiger partial charge in [-0.2, -0.15) is 0 Å². The fourth-order valence-corrected chi connectivity index (χ4v) is 3.43. The Balaban J connectivity index is 1.56. The summed E-state index contributed by atoms with van der Waals surface area (Å²) in [7, 11) is 1.66. The molecule has 6 heteroatoms. The second-order valence-electron chi connectivity index (χ2n) is 6.58. The van der Waals surface area contributed by atoms with Crippen LogP contribution >= 0.6 is 0 Å². The summed E-state index contributed by atoms with van der Waals surface area (Å²) in [5.41, 5.74) is 0.924. The molecular weight excluding hydrogens is 292 g/mol. The van der Waals surface area contributed by atoms with E-state index in [1.807, 2.05) is 12.1 Å². The molecule has 0 spiro atoms. The zero-order chi connectivity index (χ0) is 16.2. The highest BCUT2D eigenvalue weighted by Crippen LogP contribution is 2.41. The molecule has 2 fully saturated rings. The third-order valence-corrected chi connectivity index (χ3v) is 4.75. The van der Waals surface area contributed by atoms with Gasteiger partial charge in [0.05, 0.1) is 13.0 Å². The predicted octanol–water partition coefficient (Wildman–Crippen LogP) is 0.197. The Kier molecular flexibility index (Phi) is 4.91. The quantitative estimate of drug-likeness (QED) is 0.786. The lowest BCUT2D eigenvalue weighted by atomic mass is 9.98. The molecule has 23 heavy (non-hydrogen) atoms. The predicted molar refractivity (Wildman–Crippen MR) is 86.6 cm³/mol. The van der Waals surface area contributed by atoms with E-state index in [0.717, 1.165) is 18.7 Å². The van der Waals surface area contributed by atoms with Crippen molar-refractivity contribution < 1.29 is 9.59 Å². The molecule has 1 aromatic rings. The normalized spacial score (nSPS) is 24.4. The van der Waals surface area contributed by atoms with Gasteiger partial charge in [-0.1, -0.05) is 6.07 Å². The molecule has 2 aliphatic rings. The van der Waals surface area contributed by atoms with E-state index in [1.54, 1.807) is 19.4 Å². The lowest BCUT2D eigenvalue weighted by molar-refractivity contribution is -0.121. The van der Waals surface area contributed by atoms with E-state index in [9.17, 15) is 9.59 Å². The first kappa shape index (κ1) is 15.9. The summed E-state index contributed by atoms with van der Waals surface area (Å²) in [5.74, 6) is 1.24. The van der Waals surface area contributed by atoms with Gasteiger partial charge in [0.15, 0.2) is 0 Å². The first-order valence-electron chi connectivity index (χ1n) is 8.27. The highest BCUT2D eigenvalue weighted by molar-refractivity contribution is 5.79. The molecule has 2 heterocycles. The molecule has 2 N–H and O–H groups in total. The molecule has 0 aromatic carbocycles. The van der Waals surface area contributed by atoms with Crippen molar-refractivity contribution in [2.24, 2.45) is 11.8 Å². The van der Waals surface area contributed by atoms with Crippen LogP contribution in [0.3, 0.4) is 0 Å². The van der Waals surface area contributed by atoms with Crippen LogP contribution < -0.4 is 10.6 Å². The topological polar surface area (TPSA) is 74.3 Å². The number of hydrogen-bond acceptors (Lipinski definition) is 4. The van der Waals surface area contributed by atoms with E-state index < -0.39 is 0 Å². The summed E-state index contributed by atoms with van der Waals surface area (Å²) in [5, 5.41) is 5.84. The van der Waals surface area contributed by atoms with Crippen LogP contribution in [-0.2, 0) is 16.0 Å². The van der Waals surface area contributed by atoms with Gasteiger partial charge in [-0.15, -0.1) is 0 Å². The fraction of sp³-hybridized carbons (Fsp3) is 0.588. The van der Waals surface area contributed by atoms with Gasteiger partial charge in [0, 0.05) is 38.6 Å². The minimum atomic E-state index is 0.0295. The summed E-state index contributed by atoms with van der Waals surface area (Å²) in [6.07, 6.45) is 6.28. The SMILES string of the molecule is CNC(=O)CN1C[C@@H](NC(=O)Cc2cccnc2)[C@H](C2CC2)C1. The maximum atomic E-state index is 12.3. The van der Waals surface area contributed by atoms with Crippen molar-refractivity contribution in [2.75, 3.05) is 26.7 Å². The largest absolute Gasteiger partial charge is 0.358 e. The van der Waals surface area contributed by atoms with Crippen molar-refractivity contribution in [3.05, 3.63) is 30.1 Å². The molecule has 0 bridgehead atoms. The van der Waals surface area contributed by atoms with Gasteiger partial charge in [-0.25, -0.2) is 0 Å². The summed E-state index contributed by atoms with van der Waals surface area (Å²) < 4.78 is 0. The third kappa shape index (κ3) is 4.28. The maximum Gasteiger partial charge on any atom is 0.233 e. The molecule has 2 atom stereocenters. The zero-order valence-corrected chi connectivity index (χ0v) is 13.5. The van der Waals surface area contributed by atoms with Crippen LogP contribution in [0.4, 0.5) is 0 Å². The monoisotopic (exact) mass is 316 g/mol. The number of likely N-dealkylation sites (tertiary alicyclic amines) is 1. The Morgan fingerprint density at radius 3 is 2.78 bits per heavy atom. The van der Waals surface area contributed by atoms with Crippen LogP contribution in [0.1, 0.15) is 18.4 Å². The Morgan fingerprint density at radius 2 is 2.13 bits per heavy atom. The average molecular weight is 316 g/mol. The van der Waals surface area contributed by atoms with Crippen molar-refractivity contribution in [1.82, 2.24) is 20.5 Å². The molecule has 2 amide bonds. The van der Waals surface area contributed by atoms with Crippen molar-refractivity contribution in [1.29, 1.82) is 0 Å². The summed E-state index contributed by atoms with van der Waals surface area (Å²) in [4.78, 5) is 30.1. The summed E-state index contributed by atoms with van der Waals surface area (Å²) in [6.45, 7) is 2.07. The van der Waals surface area contributed by atoms with E-state index in [1.165, 1.54) is 12.8 Å². The van der Waals surface area contributed by atoms with Gasteiger partial charge < -0.3 is 10.6 Å². The number of nitrogens with one attached hydrogen (secondary N) is 2. The first-order valence-corrected chi connectivity index (χ1v) is 8.27. The van der Waals surface area contributed by atoms with Crippen LogP contribution in [0.5, 0.6) is 0 Å². The van der Waals surface area contributed by atoms with E-state index >= 15 is 0 Å². The number of carbonyl (C=O) groups is 2. The Labute approximate surface area is 136 Å². The van der Waals surface area contributed by atoms with Gasteiger partial charge >= 0.3 is 0 Å². The molecule has 6 nitrogen and oxygen atoms in total. The van der Waals surface area contributed by atoms with Gasteiger partial charge in [0.2, 0.25) is 11.8 Å². The molecule has 1 aromatic heterocycles. The van der Waals surface area contributed by atoms with Crippen molar-refractivity contribution >= 4 is 11.8 Å². The highest BCUT2D eigenvalue weighted by atomic mass is 16.2. The molecular formula is C17H24N4O2. The highest BCUT2D eigenvalue weighted by Gasteiger charge is 2.43. The standard InChI is InChI=1S/C17H24N4O2/c1-18-17(23)11-21-9-14(13-4-5-13)15(10-21)20-16(22)7-12-3-2-6-19-8-12/h2-3,6,8,13-15H,4-5,7,9-11H2,1H3,(H,18,23)(H,20,22)/t14-,15+/m0/s1. The number of amides is 2. The maximum absolute atomic E-state index is 12.3. The van der Waals surface area contributed by atoms with E-state index in [0.29, 0.717) is 24.8 Å². The van der Waals surface area contributed by atoms with Crippen molar-refractivity contribution in [2.45, 2.75) is 25.3 Å². The van der Waals surface area contributed by atoms with Crippen LogP contribution in [0, 0.1) is 11.8 Å². The molecule has 3 rings (SSSR count). The number of carbonyl (C=O) groups excluding carboxylic acids is 2. The molecule has 124 valence electrons. The molecule has 0 unspecified atom stereocenters. The van der Waals surface area contributed by atoms with Crippen LogP contribution in [0.15, 0.2) is 24.5 Å². The second kappa shape index (κ2) is 7.08. The van der Waals surface area contributed by atoms with Crippen molar-refractivity contribution in [3.63, 3.8) is 0 Å². The number of rotatable bonds is 6. The number of pyridine rings is 1. The zero-order valence-electron chi connectivity index (χ0n) is 13.5. The lowest BCUT2D eigenvalue weighted by Crippen LogP contribution is -2.42.